The van der Waals surface area contributed by atoms with Gasteiger partial charge in [0.15, 0.2) is 0 Å². The average molecular weight is 676 g/mol. The van der Waals surface area contributed by atoms with Gasteiger partial charge in [-0.05, 0) is 85.8 Å². The minimum absolute atomic E-state index is 0.00123. The molecular weight excluding hydrogens is 637 g/mol. The van der Waals surface area contributed by atoms with E-state index in [1.165, 1.54) is 29.2 Å². The summed E-state index contributed by atoms with van der Waals surface area (Å²) >= 11 is 6.24. The molecule has 5 rings (SSSR count). The standard InChI is InChI=1S/C37H39ClFN3O4S/c1-26-12-19-33(20-13-26)47(45,46)42(34-21-16-30(38)22-27(34)2)25-36(43)41(24-29-14-17-31(39)18-15-29)35(23-28-8-4-3-5-9-28)37(44)40-32-10-6-7-11-32/h3-5,8-9,12-22,32,35H,6-7,10-11,23-25H2,1-2H3,(H,40,44)/t35-/m1/s1. The van der Waals surface area contributed by atoms with Crippen LogP contribution in [0.25, 0.3) is 0 Å². The number of carbonyl (C=O) groups is 2. The van der Waals surface area contributed by atoms with Crippen molar-refractivity contribution >= 4 is 39.1 Å². The normalized spacial score (nSPS) is 14.0. The lowest BCUT2D eigenvalue weighted by atomic mass is 10.0. The number of rotatable bonds is 12. The van der Waals surface area contributed by atoms with E-state index in [4.69, 9.17) is 11.6 Å². The van der Waals surface area contributed by atoms with Gasteiger partial charge in [-0.3, -0.25) is 13.9 Å². The van der Waals surface area contributed by atoms with Crippen LogP contribution in [0.5, 0.6) is 0 Å². The van der Waals surface area contributed by atoms with Crippen LogP contribution < -0.4 is 9.62 Å². The summed E-state index contributed by atoms with van der Waals surface area (Å²) in [4.78, 5) is 30.1. The summed E-state index contributed by atoms with van der Waals surface area (Å²) in [5.41, 5.74) is 3.18. The molecule has 10 heteroatoms. The summed E-state index contributed by atoms with van der Waals surface area (Å²) in [6, 6.07) is 25.4. The van der Waals surface area contributed by atoms with E-state index in [0.29, 0.717) is 21.8 Å². The van der Waals surface area contributed by atoms with Crippen LogP contribution in [0.4, 0.5) is 10.1 Å². The third kappa shape index (κ3) is 8.58. The van der Waals surface area contributed by atoms with Crippen molar-refractivity contribution in [2.75, 3.05) is 10.8 Å². The number of nitrogens with one attached hydrogen (secondary N) is 1. The lowest BCUT2D eigenvalue weighted by molar-refractivity contribution is -0.140. The van der Waals surface area contributed by atoms with Crippen LogP contribution in [0, 0.1) is 19.7 Å². The summed E-state index contributed by atoms with van der Waals surface area (Å²) in [6.45, 7) is 2.97. The average Bonchev–Trinajstić information content (AvgIpc) is 3.56. The number of anilines is 1. The Morgan fingerprint density at radius 1 is 0.894 bits per heavy atom. The van der Waals surface area contributed by atoms with Crippen LogP contribution in [0.2, 0.25) is 5.02 Å². The molecule has 0 aliphatic heterocycles. The Morgan fingerprint density at radius 2 is 1.55 bits per heavy atom. The highest BCUT2D eigenvalue weighted by Crippen LogP contribution is 2.30. The minimum atomic E-state index is -4.24. The molecule has 7 nitrogen and oxygen atoms in total. The Kier molecular flexibility index (Phi) is 11.0. The first-order valence-corrected chi connectivity index (χ1v) is 17.6. The number of nitrogens with zero attached hydrogens (tertiary/aromatic N) is 2. The fraction of sp³-hybridized carbons (Fsp3) is 0.297. The first kappa shape index (κ1) is 34.1. The summed E-state index contributed by atoms with van der Waals surface area (Å²) in [6.07, 6.45) is 3.94. The van der Waals surface area contributed by atoms with Gasteiger partial charge in [0.05, 0.1) is 10.6 Å². The number of halogens is 2. The predicted octanol–water partition coefficient (Wildman–Crippen LogP) is 6.99. The monoisotopic (exact) mass is 675 g/mol. The number of amides is 2. The molecule has 0 aromatic heterocycles. The highest BCUT2D eigenvalue weighted by atomic mass is 35.5. The van der Waals surface area contributed by atoms with Crippen molar-refractivity contribution in [2.24, 2.45) is 0 Å². The molecular formula is C37H39ClFN3O4S. The fourth-order valence-corrected chi connectivity index (χ4v) is 7.66. The van der Waals surface area contributed by atoms with Gasteiger partial charge in [0.2, 0.25) is 11.8 Å². The molecule has 1 N–H and O–H groups in total. The molecule has 4 aromatic carbocycles. The molecule has 0 heterocycles. The second-order valence-electron chi connectivity index (χ2n) is 12.1. The Bertz CT molecular complexity index is 1800. The third-order valence-corrected chi connectivity index (χ3v) is 10.6. The zero-order chi connectivity index (χ0) is 33.6. The van der Waals surface area contributed by atoms with Gasteiger partial charge in [0, 0.05) is 24.0 Å². The van der Waals surface area contributed by atoms with Crippen molar-refractivity contribution in [1.29, 1.82) is 0 Å². The summed E-state index contributed by atoms with van der Waals surface area (Å²) < 4.78 is 43.5. The largest absolute Gasteiger partial charge is 0.352 e. The number of hydrogen-bond donors (Lipinski definition) is 1. The Morgan fingerprint density at radius 3 is 2.19 bits per heavy atom. The summed E-state index contributed by atoms with van der Waals surface area (Å²) in [5.74, 6) is -1.33. The van der Waals surface area contributed by atoms with E-state index in [-0.39, 0.29) is 29.8 Å². The maximum atomic E-state index is 14.6. The second kappa shape index (κ2) is 15.1. The van der Waals surface area contributed by atoms with Crippen LogP contribution in [0.1, 0.15) is 47.9 Å². The first-order chi connectivity index (χ1) is 22.5. The van der Waals surface area contributed by atoms with Gasteiger partial charge < -0.3 is 10.2 Å². The van der Waals surface area contributed by atoms with Gasteiger partial charge in [0.25, 0.3) is 10.0 Å². The van der Waals surface area contributed by atoms with E-state index >= 15 is 0 Å². The van der Waals surface area contributed by atoms with Gasteiger partial charge in [-0.1, -0.05) is 84.6 Å². The molecule has 1 aliphatic carbocycles. The molecule has 1 aliphatic rings. The lowest BCUT2D eigenvalue weighted by Gasteiger charge is -2.34. The topological polar surface area (TPSA) is 86.8 Å². The molecule has 0 spiro atoms. The van der Waals surface area contributed by atoms with E-state index in [1.807, 2.05) is 37.3 Å². The van der Waals surface area contributed by atoms with E-state index in [2.05, 4.69) is 5.32 Å². The maximum Gasteiger partial charge on any atom is 0.264 e. The molecule has 1 atom stereocenters. The number of hydrogen-bond acceptors (Lipinski definition) is 4. The van der Waals surface area contributed by atoms with Crippen LogP contribution in [-0.2, 0) is 32.6 Å². The van der Waals surface area contributed by atoms with Crippen molar-refractivity contribution in [3.63, 3.8) is 0 Å². The quantitative estimate of drug-likeness (QED) is 0.175. The van der Waals surface area contributed by atoms with Crippen LogP contribution in [0.15, 0.2) is 102 Å². The van der Waals surface area contributed by atoms with E-state index in [9.17, 15) is 22.4 Å². The number of benzene rings is 4. The SMILES string of the molecule is Cc1ccc(S(=O)(=O)N(CC(=O)N(Cc2ccc(F)cc2)[C@H](Cc2ccccc2)C(=O)NC2CCCC2)c2ccc(Cl)cc2C)cc1. The molecule has 0 bridgehead atoms. The van der Waals surface area contributed by atoms with Gasteiger partial charge in [-0.15, -0.1) is 0 Å². The number of sulfonamides is 1. The fourth-order valence-electron chi connectivity index (χ4n) is 5.96. The van der Waals surface area contributed by atoms with Crippen molar-refractivity contribution < 1.29 is 22.4 Å². The molecule has 47 heavy (non-hydrogen) atoms. The number of aryl methyl sites for hydroxylation is 2. The van der Waals surface area contributed by atoms with Crippen LogP contribution in [0.3, 0.4) is 0 Å². The van der Waals surface area contributed by atoms with Crippen molar-refractivity contribution in [1.82, 2.24) is 10.2 Å². The molecule has 0 saturated heterocycles. The Hall–Kier alpha value is -4.21. The van der Waals surface area contributed by atoms with Crippen LogP contribution >= 0.6 is 11.6 Å². The summed E-state index contributed by atoms with van der Waals surface area (Å²) in [5, 5.41) is 3.58. The number of carbonyl (C=O) groups excluding carboxylic acids is 2. The summed E-state index contributed by atoms with van der Waals surface area (Å²) in [7, 11) is -4.24. The molecule has 4 aromatic rings. The molecule has 1 fully saturated rings. The van der Waals surface area contributed by atoms with Gasteiger partial charge in [0.1, 0.15) is 18.4 Å². The zero-order valence-corrected chi connectivity index (χ0v) is 28.1. The second-order valence-corrected chi connectivity index (χ2v) is 14.4. The lowest BCUT2D eigenvalue weighted by Crippen LogP contribution is -2.54. The van der Waals surface area contributed by atoms with Gasteiger partial charge in [-0.25, -0.2) is 12.8 Å². The highest BCUT2D eigenvalue weighted by molar-refractivity contribution is 7.92. The van der Waals surface area contributed by atoms with Crippen molar-refractivity contribution in [3.8, 4) is 0 Å². The first-order valence-electron chi connectivity index (χ1n) is 15.7. The smallest absolute Gasteiger partial charge is 0.264 e. The highest BCUT2D eigenvalue weighted by Gasteiger charge is 2.36. The maximum absolute atomic E-state index is 14.6. The van der Waals surface area contributed by atoms with Crippen LogP contribution in [-0.4, -0.2) is 43.8 Å². The molecule has 246 valence electrons. The molecule has 1 saturated carbocycles. The molecule has 0 radical (unpaired) electrons. The van der Waals surface area contributed by atoms with Crippen molar-refractivity contribution in [3.05, 3.63) is 130 Å². The predicted molar refractivity (Wildman–Crippen MR) is 183 cm³/mol. The third-order valence-electron chi connectivity index (χ3n) is 8.55. The Labute approximate surface area is 281 Å². The molecule has 0 unspecified atom stereocenters. The van der Waals surface area contributed by atoms with E-state index < -0.39 is 34.3 Å². The van der Waals surface area contributed by atoms with E-state index in [1.54, 1.807) is 49.4 Å². The van der Waals surface area contributed by atoms with E-state index in [0.717, 1.165) is 41.1 Å². The zero-order valence-electron chi connectivity index (χ0n) is 26.5. The van der Waals surface area contributed by atoms with Crippen molar-refractivity contribution in [2.45, 2.75) is 69.5 Å². The Balaban J connectivity index is 1.58. The van der Waals surface area contributed by atoms with Gasteiger partial charge in [-0.2, -0.15) is 0 Å². The minimum Gasteiger partial charge on any atom is -0.352 e. The van der Waals surface area contributed by atoms with Gasteiger partial charge >= 0.3 is 0 Å². The molecule has 2 amide bonds.